The van der Waals surface area contributed by atoms with Crippen molar-refractivity contribution in [3.63, 3.8) is 0 Å². The lowest BCUT2D eigenvalue weighted by atomic mass is 10.1. The molecule has 18 heavy (non-hydrogen) atoms. The van der Waals surface area contributed by atoms with E-state index in [9.17, 15) is 4.79 Å². The van der Waals surface area contributed by atoms with E-state index in [1.807, 2.05) is 17.0 Å². The predicted molar refractivity (Wildman–Crippen MR) is 72.1 cm³/mol. The van der Waals surface area contributed by atoms with Crippen molar-refractivity contribution in [2.75, 3.05) is 32.7 Å². The Morgan fingerprint density at radius 2 is 1.83 bits per heavy atom. The minimum absolute atomic E-state index is 0.778. The molecule has 1 aromatic carbocycles. The average molecular weight is 242 g/mol. The summed E-state index contributed by atoms with van der Waals surface area (Å²) in [5.41, 5.74) is 2.32. The second kappa shape index (κ2) is 6.23. The largest absolute Gasteiger partial charge is 0.343 e. The lowest BCUT2D eigenvalue weighted by Gasteiger charge is -2.31. The highest BCUT2D eigenvalue weighted by Gasteiger charge is 2.13. The van der Waals surface area contributed by atoms with Gasteiger partial charge in [0.25, 0.3) is 0 Å². The van der Waals surface area contributed by atoms with Crippen LogP contribution in [0.25, 0.3) is 0 Å². The van der Waals surface area contributed by atoms with Crippen LogP contribution in [0.3, 0.4) is 0 Å². The van der Waals surface area contributed by atoms with Crippen molar-refractivity contribution < 1.29 is 4.79 Å². The number of carbonyl (C=O) groups excluding carboxylic acids is 1. The number of nitrogens with zero attached hydrogens (tertiary/aromatic N) is 2. The van der Waals surface area contributed by atoms with Crippen molar-refractivity contribution in [3.05, 3.63) is 35.4 Å². The molecule has 0 aliphatic carbocycles. The Balaban J connectivity index is 1.82. The molecule has 3 nitrogen and oxygen atoms in total. The molecule has 0 saturated carbocycles. The zero-order chi connectivity index (χ0) is 12.8. The number of amides is 1. The molecule has 1 amide bonds. The van der Waals surface area contributed by atoms with Crippen LogP contribution >= 0.6 is 0 Å². The number of rotatable bonds is 2. The van der Waals surface area contributed by atoms with E-state index >= 15 is 0 Å². The van der Waals surface area contributed by atoms with Gasteiger partial charge >= 0.3 is 0 Å². The molecule has 0 aromatic heterocycles. The summed E-state index contributed by atoms with van der Waals surface area (Å²) < 4.78 is 0. The number of piperazine rings is 1. The molecule has 3 heteroatoms. The van der Waals surface area contributed by atoms with Gasteiger partial charge in [0.2, 0.25) is 6.41 Å². The van der Waals surface area contributed by atoms with Gasteiger partial charge < -0.3 is 4.90 Å². The first-order valence-corrected chi connectivity index (χ1v) is 6.25. The van der Waals surface area contributed by atoms with Gasteiger partial charge in [-0.2, -0.15) is 0 Å². The summed E-state index contributed by atoms with van der Waals surface area (Å²) in [4.78, 5) is 14.7. The molecule has 2 rings (SSSR count). The summed E-state index contributed by atoms with van der Waals surface area (Å²) in [5.74, 6) is 6.36. The van der Waals surface area contributed by atoms with E-state index in [-0.39, 0.29) is 0 Å². The SMILES string of the molecule is Cc1ccc(C#CCN2CCN(C=O)CC2)cc1. The lowest BCUT2D eigenvalue weighted by molar-refractivity contribution is -0.119. The summed E-state index contributed by atoms with van der Waals surface area (Å²) in [6.07, 6.45) is 0.926. The van der Waals surface area contributed by atoms with E-state index in [0.29, 0.717) is 0 Å². The van der Waals surface area contributed by atoms with Crippen LogP contribution in [0.2, 0.25) is 0 Å². The van der Waals surface area contributed by atoms with Crippen molar-refractivity contribution in [2.45, 2.75) is 6.92 Å². The van der Waals surface area contributed by atoms with Gasteiger partial charge in [-0.3, -0.25) is 9.69 Å². The van der Waals surface area contributed by atoms with Gasteiger partial charge in [0.05, 0.1) is 6.54 Å². The van der Waals surface area contributed by atoms with Gasteiger partial charge in [-0.1, -0.05) is 29.5 Å². The van der Waals surface area contributed by atoms with Gasteiger partial charge in [0, 0.05) is 31.7 Å². The molecule has 0 bridgehead atoms. The fourth-order valence-corrected chi connectivity index (χ4v) is 1.92. The molecule has 0 unspecified atom stereocenters. The minimum atomic E-state index is 0.778. The van der Waals surface area contributed by atoms with Crippen molar-refractivity contribution in [1.29, 1.82) is 0 Å². The molecule has 0 N–H and O–H groups in total. The molecule has 0 spiro atoms. The molecule has 1 saturated heterocycles. The van der Waals surface area contributed by atoms with Crippen LogP contribution in [0.15, 0.2) is 24.3 Å². The Bertz CT molecular complexity index is 448. The van der Waals surface area contributed by atoms with Crippen molar-refractivity contribution in [1.82, 2.24) is 9.80 Å². The summed E-state index contributed by atoms with van der Waals surface area (Å²) in [5, 5.41) is 0. The first-order chi connectivity index (χ1) is 8.78. The monoisotopic (exact) mass is 242 g/mol. The summed E-state index contributed by atoms with van der Waals surface area (Å²) in [6, 6.07) is 8.25. The fraction of sp³-hybridized carbons (Fsp3) is 0.400. The predicted octanol–water partition coefficient (Wildman–Crippen LogP) is 1.12. The molecule has 1 aliphatic heterocycles. The van der Waals surface area contributed by atoms with Gasteiger partial charge in [-0.05, 0) is 19.1 Å². The van der Waals surface area contributed by atoms with E-state index in [1.165, 1.54) is 5.56 Å². The zero-order valence-corrected chi connectivity index (χ0v) is 10.7. The van der Waals surface area contributed by atoms with E-state index < -0.39 is 0 Å². The topological polar surface area (TPSA) is 23.6 Å². The fourth-order valence-electron chi connectivity index (χ4n) is 1.92. The molecular weight excluding hydrogens is 224 g/mol. The normalized spacial score (nSPS) is 15.9. The van der Waals surface area contributed by atoms with Crippen molar-refractivity contribution in [3.8, 4) is 11.8 Å². The molecule has 0 radical (unpaired) electrons. The first kappa shape index (κ1) is 12.7. The number of hydrogen-bond donors (Lipinski definition) is 0. The van der Waals surface area contributed by atoms with Crippen molar-refractivity contribution in [2.24, 2.45) is 0 Å². The second-order valence-electron chi connectivity index (χ2n) is 4.59. The number of carbonyl (C=O) groups is 1. The van der Waals surface area contributed by atoms with E-state index in [0.717, 1.165) is 44.7 Å². The Morgan fingerprint density at radius 1 is 1.17 bits per heavy atom. The number of benzene rings is 1. The summed E-state index contributed by atoms with van der Waals surface area (Å²) >= 11 is 0. The van der Waals surface area contributed by atoms with Crippen LogP contribution in [-0.2, 0) is 4.79 Å². The third-order valence-corrected chi connectivity index (χ3v) is 3.14. The lowest BCUT2D eigenvalue weighted by Crippen LogP contribution is -2.45. The second-order valence-corrected chi connectivity index (χ2v) is 4.59. The minimum Gasteiger partial charge on any atom is -0.343 e. The standard InChI is InChI=1S/C15H18N2O/c1-14-4-6-15(7-5-14)3-2-8-16-9-11-17(13-18)12-10-16/h4-7,13H,8-12H2,1H3. The van der Waals surface area contributed by atoms with Crippen LogP contribution in [0.1, 0.15) is 11.1 Å². The Kier molecular flexibility index (Phi) is 4.38. The van der Waals surface area contributed by atoms with E-state index in [4.69, 9.17) is 0 Å². The maximum atomic E-state index is 10.6. The highest BCUT2D eigenvalue weighted by Crippen LogP contribution is 2.01. The van der Waals surface area contributed by atoms with Crippen LogP contribution in [-0.4, -0.2) is 48.9 Å². The van der Waals surface area contributed by atoms with Crippen LogP contribution in [0.4, 0.5) is 0 Å². The summed E-state index contributed by atoms with van der Waals surface area (Å²) in [6.45, 7) is 6.32. The Morgan fingerprint density at radius 3 is 2.44 bits per heavy atom. The molecule has 0 atom stereocenters. The maximum absolute atomic E-state index is 10.6. The molecular formula is C15H18N2O. The van der Waals surface area contributed by atoms with E-state index in [1.54, 1.807) is 0 Å². The third-order valence-electron chi connectivity index (χ3n) is 3.14. The number of aryl methyl sites for hydroxylation is 1. The van der Waals surface area contributed by atoms with Crippen LogP contribution < -0.4 is 0 Å². The molecule has 1 fully saturated rings. The number of hydrogen-bond acceptors (Lipinski definition) is 2. The quantitative estimate of drug-likeness (QED) is 0.573. The van der Waals surface area contributed by atoms with Crippen LogP contribution in [0, 0.1) is 18.8 Å². The van der Waals surface area contributed by atoms with Gasteiger partial charge in [0.1, 0.15) is 0 Å². The van der Waals surface area contributed by atoms with Crippen LogP contribution in [0.5, 0.6) is 0 Å². The first-order valence-electron chi connectivity index (χ1n) is 6.25. The third kappa shape index (κ3) is 3.61. The van der Waals surface area contributed by atoms with E-state index in [2.05, 4.69) is 35.8 Å². The smallest absolute Gasteiger partial charge is 0.209 e. The zero-order valence-electron chi connectivity index (χ0n) is 10.7. The van der Waals surface area contributed by atoms with Crippen molar-refractivity contribution >= 4 is 6.41 Å². The highest BCUT2D eigenvalue weighted by molar-refractivity contribution is 5.47. The highest BCUT2D eigenvalue weighted by atomic mass is 16.1. The average Bonchev–Trinajstić information content (AvgIpc) is 2.42. The maximum Gasteiger partial charge on any atom is 0.209 e. The van der Waals surface area contributed by atoms with Gasteiger partial charge in [0.15, 0.2) is 0 Å². The van der Waals surface area contributed by atoms with Gasteiger partial charge in [-0.25, -0.2) is 0 Å². The Labute approximate surface area is 108 Å². The molecule has 1 heterocycles. The Hall–Kier alpha value is -1.79. The summed E-state index contributed by atoms with van der Waals surface area (Å²) in [7, 11) is 0. The molecule has 94 valence electrons. The van der Waals surface area contributed by atoms with Gasteiger partial charge in [-0.15, -0.1) is 0 Å². The molecule has 1 aromatic rings. The molecule has 1 aliphatic rings.